The largest absolute Gasteiger partial charge is 0.314 e. The van der Waals surface area contributed by atoms with Crippen LogP contribution in [0.2, 0.25) is 0 Å². The molecule has 0 amide bonds. The number of rotatable bonds is 4. The van der Waals surface area contributed by atoms with E-state index in [1.54, 1.807) is 0 Å². The summed E-state index contributed by atoms with van der Waals surface area (Å²) >= 11 is 1.82. The molecule has 1 aromatic carbocycles. The molecule has 1 N–H and O–H groups in total. The standard InChI is InChI=1S/C13H18FNS.ClH/c14-11-4-6-13(7-5-11)16-10-8-12-3-1-2-9-15-12;/h4-7,12,15H,1-3,8-10H2;1H. The smallest absolute Gasteiger partial charge is 0.123 e. The van der Waals surface area contributed by atoms with Gasteiger partial charge in [0.25, 0.3) is 0 Å². The Morgan fingerprint density at radius 3 is 2.65 bits per heavy atom. The summed E-state index contributed by atoms with van der Waals surface area (Å²) in [4.78, 5) is 1.16. The number of halogens is 2. The van der Waals surface area contributed by atoms with Crippen LogP contribution in [0.3, 0.4) is 0 Å². The summed E-state index contributed by atoms with van der Waals surface area (Å²) in [5.74, 6) is 0.960. The number of hydrogen-bond donors (Lipinski definition) is 1. The van der Waals surface area contributed by atoms with Crippen molar-refractivity contribution in [2.24, 2.45) is 0 Å². The molecule has 1 fully saturated rings. The molecule has 1 unspecified atom stereocenters. The molecule has 0 bridgehead atoms. The van der Waals surface area contributed by atoms with E-state index in [0.29, 0.717) is 6.04 Å². The third-order valence-electron chi connectivity index (χ3n) is 2.96. The van der Waals surface area contributed by atoms with E-state index >= 15 is 0 Å². The average Bonchev–Trinajstić information content (AvgIpc) is 2.33. The van der Waals surface area contributed by atoms with Crippen molar-refractivity contribution in [1.29, 1.82) is 0 Å². The third-order valence-corrected chi connectivity index (χ3v) is 4.01. The number of benzene rings is 1. The molecule has 1 atom stereocenters. The SMILES string of the molecule is Cl.Fc1ccc(SCCC2CCCCN2)cc1. The van der Waals surface area contributed by atoms with E-state index in [-0.39, 0.29) is 18.2 Å². The Morgan fingerprint density at radius 1 is 1.24 bits per heavy atom. The van der Waals surface area contributed by atoms with Crippen molar-refractivity contribution in [1.82, 2.24) is 5.32 Å². The lowest BCUT2D eigenvalue weighted by molar-refractivity contribution is 0.395. The topological polar surface area (TPSA) is 12.0 Å². The van der Waals surface area contributed by atoms with Gasteiger partial charge in [-0.1, -0.05) is 6.42 Å². The zero-order valence-corrected chi connectivity index (χ0v) is 11.5. The molecular formula is C13H19ClFNS. The quantitative estimate of drug-likeness (QED) is 0.837. The van der Waals surface area contributed by atoms with Crippen molar-refractivity contribution >= 4 is 24.2 Å². The van der Waals surface area contributed by atoms with E-state index in [9.17, 15) is 4.39 Å². The van der Waals surface area contributed by atoms with E-state index in [1.807, 2.05) is 23.9 Å². The highest BCUT2D eigenvalue weighted by Crippen LogP contribution is 2.21. The van der Waals surface area contributed by atoms with Crippen LogP contribution in [0, 0.1) is 5.82 Å². The van der Waals surface area contributed by atoms with E-state index in [4.69, 9.17) is 0 Å². The number of hydrogen-bond acceptors (Lipinski definition) is 2. The Morgan fingerprint density at radius 2 is 2.00 bits per heavy atom. The fraction of sp³-hybridized carbons (Fsp3) is 0.538. The average molecular weight is 276 g/mol. The maximum atomic E-state index is 12.7. The monoisotopic (exact) mass is 275 g/mol. The number of nitrogens with one attached hydrogen (secondary N) is 1. The molecule has 1 aliphatic heterocycles. The minimum atomic E-state index is -0.154. The van der Waals surface area contributed by atoms with Gasteiger partial charge in [0.05, 0.1) is 0 Å². The molecule has 0 aromatic heterocycles. The second-order valence-corrected chi connectivity index (χ2v) is 5.41. The van der Waals surface area contributed by atoms with Crippen molar-refractivity contribution in [2.75, 3.05) is 12.3 Å². The summed E-state index contributed by atoms with van der Waals surface area (Å²) in [5, 5.41) is 3.54. The molecule has 1 nitrogen and oxygen atoms in total. The molecule has 17 heavy (non-hydrogen) atoms. The third kappa shape index (κ3) is 5.28. The molecule has 2 rings (SSSR count). The van der Waals surface area contributed by atoms with Crippen LogP contribution < -0.4 is 5.32 Å². The van der Waals surface area contributed by atoms with Crippen molar-refractivity contribution in [3.05, 3.63) is 30.1 Å². The van der Waals surface area contributed by atoms with E-state index in [2.05, 4.69) is 5.32 Å². The van der Waals surface area contributed by atoms with Crippen molar-refractivity contribution in [2.45, 2.75) is 36.6 Å². The summed E-state index contributed by atoms with van der Waals surface area (Å²) in [6, 6.07) is 7.46. The normalized spacial score (nSPS) is 19.7. The van der Waals surface area contributed by atoms with Gasteiger partial charge in [0, 0.05) is 10.9 Å². The van der Waals surface area contributed by atoms with Crippen LogP contribution in [0.4, 0.5) is 4.39 Å². The molecular weight excluding hydrogens is 257 g/mol. The predicted molar refractivity (Wildman–Crippen MR) is 74.6 cm³/mol. The van der Waals surface area contributed by atoms with Crippen LogP contribution in [-0.2, 0) is 0 Å². The highest BCUT2D eigenvalue weighted by Gasteiger charge is 2.11. The van der Waals surface area contributed by atoms with Crippen molar-refractivity contribution < 1.29 is 4.39 Å². The predicted octanol–water partition coefficient (Wildman–Crippen LogP) is 3.87. The first-order valence-corrected chi connectivity index (χ1v) is 6.95. The molecule has 1 aliphatic rings. The summed E-state index contributed by atoms with van der Waals surface area (Å²) < 4.78 is 12.7. The molecule has 0 spiro atoms. The Balaban J connectivity index is 0.00000144. The van der Waals surface area contributed by atoms with E-state index in [0.717, 1.165) is 10.6 Å². The highest BCUT2D eigenvalue weighted by molar-refractivity contribution is 7.99. The first-order valence-electron chi connectivity index (χ1n) is 5.96. The van der Waals surface area contributed by atoms with Gasteiger partial charge in [0.1, 0.15) is 5.82 Å². The van der Waals surface area contributed by atoms with Crippen molar-refractivity contribution in [3.8, 4) is 0 Å². The van der Waals surface area contributed by atoms with Crippen LogP contribution in [0.1, 0.15) is 25.7 Å². The maximum Gasteiger partial charge on any atom is 0.123 e. The Kier molecular flexibility index (Phi) is 6.93. The maximum absolute atomic E-state index is 12.7. The van der Waals surface area contributed by atoms with Crippen LogP contribution >= 0.6 is 24.2 Å². The zero-order chi connectivity index (χ0) is 11.2. The lowest BCUT2D eigenvalue weighted by Crippen LogP contribution is -2.34. The van der Waals surface area contributed by atoms with Gasteiger partial charge >= 0.3 is 0 Å². The van der Waals surface area contributed by atoms with Gasteiger partial charge in [-0.15, -0.1) is 24.2 Å². The Hall–Kier alpha value is -0.250. The van der Waals surface area contributed by atoms with Crippen LogP contribution in [-0.4, -0.2) is 18.3 Å². The molecule has 0 aliphatic carbocycles. The Bertz CT molecular complexity index is 312. The zero-order valence-electron chi connectivity index (χ0n) is 9.82. The first-order chi connectivity index (χ1) is 7.84. The first kappa shape index (κ1) is 14.8. The van der Waals surface area contributed by atoms with Crippen LogP contribution in [0.5, 0.6) is 0 Å². The molecule has 4 heteroatoms. The second kappa shape index (κ2) is 7.96. The van der Waals surface area contributed by atoms with Gasteiger partial charge in [-0.3, -0.25) is 0 Å². The number of piperidine rings is 1. The second-order valence-electron chi connectivity index (χ2n) is 4.24. The van der Waals surface area contributed by atoms with Gasteiger partial charge in [-0.05, 0) is 55.8 Å². The minimum absolute atomic E-state index is 0. The summed E-state index contributed by atoms with van der Waals surface area (Å²) in [7, 11) is 0. The minimum Gasteiger partial charge on any atom is -0.314 e. The fourth-order valence-electron chi connectivity index (χ4n) is 2.02. The summed E-state index contributed by atoms with van der Waals surface area (Å²) in [5.41, 5.74) is 0. The van der Waals surface area contributed by atoms with E-state index in [1.165, 1.54) is 44.4 Å². The van der Waals surface area contributed by atoms with Gasteiger partial charge in [0.2, 0.25) is 0 Å². The Labute approximate surface area is 113 Å². The van der Waals surface area contributed by atoms with Gasteiger partial charge in [-0.25, -0.2) is 4.39 Å². The summed E-state index contributed by atoms with van der Waals surface area (Å²) in [6.45, 7) is 1.17. The fourth-order valence-corrected chi connectivity index (χ4v) is 2.99. The van der Waals surface area contributed by atoms with Gasteiger partial charge in [0.15, 0.2) is 0 Å². The van der Waals surface area contributed by atoms with Gasteiger partial charge in [-0.2, -0.15) is 0 Å². The molecule has 1 aromatic rings. The summed E-state index contributed by atoms with van der Waals surface area (Å²) in [6.07, 6.45) is 5.20. The van der Waals surface area contributed by atoms with Crippen LogP contribution in [0.15, 0.2) is 29.2 Å². The lowest BCUT2D eigenvalue weighted by atomic mass is 10.0. The van der Waals surface area contributed by atoms with Crippen molar-refractivity contribution in [3.63, 3.8) is 0 Å². The lowest BCUT2D eigenvalue weighted by Gasteiger charge is -2.23. The molecule has 0 saturated carbocycles. The van der Waals surface area contributed by atoms with Crippen LogP contribution in [0.25, 0.3) is 0 Å². The van der Waals surface area contributed by atoms with E-state index < -0.39 is 0 Å². The number of thioether (sulfide) groups is 1. The molecule has 0 radical (unpaired) electrons. The molecule has 1 heterocycles. The van der Waals surface area contributed by atoms with Gasteiger partial charge < -0.3 is 5.32 Å². The molecule has 1 saturated heterocycles. The molecule has 96 valence electrons. The highest BCUT2D eigenvalue weighted by atomic mass is 35.5.